The van der Waals surface area contributed by atoms with Crippen molar-refractivity contribution in [3.63, 3.8) is 0 Å². The van der Waals surface area contributed by atoms with Gasteiger partial charge in [-0.2, -0.15) is 4.98 Å². The lowest BCUT2D eigenvalue weighted by molar-refractivity contribution is 0.101. The number of aryl methyl sites for hydroxylation is 1. The Morgan fingerprint density at radius 2 is 1.93 bits per heavy atom. The Bertz CT molecular complexity index is 974. The molecule has 0 bridgehead atoms. The van der Waals surface area contributed by atoms with E-state index in [9.17, 15) is 13.2 Å². The van der Waals surface area contributed by atoms with E-state index in [4.69, 9.17) is 4.74 Å². The normalized spacial score (nSPS) is 14.6. The van der Waals surface area contributed by atoms with Gasteiger partial charge in [0.15, 0.2) is 5.78 Å². The van der Waals surface area contributed by atoms with Crippen LogP contribution in [0, 0.1) is 6.92 Å². The van der Waals surface area contributed by atoms with E-state index in [0.29, 0.717) is 31.3 Å². The highest BCUT2D eigenvalue weighted by Crippen LogP contribution is 2.16. The van der Waals surface area contributed by atoms with Crippen molar-refractivity contribution in [3.05, 3.63) is 41.6 Å². The molecule has 0 aliphatic carbocycles. The van der Waals surface area contributed by atoms with Gasteiger partial charge in [-0.05, 0) is 26.0 Å². The van der Waals surface area contributed by atoms with Gasteiger partial charge in [-0.1, -0.05) is 12.1 Å². The molecule has 0 unspecified atom stereocenters. The zero-order valence-corrected chi connectivity index (χ0v) is 17.3. The van der Waals surface area contributed by atoms with Crippen molar-refractivity contribution in [1.82, 2.24) is 14.7 Å². The molecule has 3 rings (SSSR count). The maximum Gasteiger partial charge on any atom is 0.240 e. The standard InChI is InChI=1S/C19H25N5O4S/c1-14-12-18(24-8-10-28-11-9-24)23-19(22-14)20-6-7-21-29(26,27)17-5-3-4-16(13-17)15(2)25/h3-5,12-13,21H,6-11H2,1-2H3,(H,20,22,23). The van der Waals surface area contributed by atoms with Gasteiger partial charge in [-0.25, -0.2) is 18.1 Å². The molecule has 0 spiro atoms. The summed E-state index contributed by atoms with van der Waals surface area (Å²) in [4.78, 5) is 22.5. The summed E-state index contributed by atoms with van der Waals surface area (Å²) in [6, 6.07) is 7.89. The van der Waals surface area contributed by atoms with E-state index in [-0.39, 0.29) is 17.2 Å². The Morgan fingerprint density at radius 1 is 1.17 bits per heavy atom. The highest BCUT2D eigenvalue weighted by atomic mass is 32.2. The van der Waals surface area contributed by atoms with Crippen LogP contribution in [0.25, 0.3) is 0 Å². The fraction of sp³-hybridized carbons (Fsp3) is 0.421. The van der Waals surface area contributed by atoms with Crippen LogP contribution >= 0.6 is 0 Å². The van der Waals surface area contributed by atoms with Crippen molar-refractivity contribution >= 4 is 27.6 Å². The average Bonchev–Trinajstić information content (AvgIpc) is 2.71. The smallest absolute Gasteiger partial charge is 0.240 e. The summed E-state index contributed by atoms with van der Waals surface area (Å²) in [5.41, 5.74) is 1.18. The number of nitrogens with one attached hydrogen (secondary N) is 2. The van der Waals surface area contributed by atoms with E-state index >= 15 is 0 Å². The van der Waals surface area contributed by atoms with Crippen LogP contribution in [-0.2, 0) is 14.8 Å². The second-order valence-corrected chi connectivity index (χ2v) is 8.47. The molecule has 1 aromatic carbocycles. The Balaban J connectivity index is 1.58. The third-order valence-corrected chi connectivity index (χ3v) is 5.89. The predicted molar refractivity (Wildman–Crippen MR) is 110 cm³/mol. The minimum Gasteiger partial charge on any atom is -0.378 e. The van der Waals surface area contributed by atoms with Crippen LogP contribution in [0.15, 0.2) is 35.2 Å². The van der Waals surface area contributed by atoms with Crippen LogP contribution in [0.3, 0.4) is 0 Å². The number of hydrogen-bond acceptors (Lipinski definition) is 8. The zero-order chi connectivity index (χ0) is 20.9. The lowest BCUT2D eigenvalue weighted by atomic mass is 10.2. The Kier molecular flexibility index (Phi) is 6.78. The number of ether oxygens (including phenoxy) is 1. The first-order valence-electron chi connectivity index (χ1n) is 9.38. The first-order valence-corrected chi connectivity index (χ1v) is 10.9. The first kappa shape index (κ1) is 21.2. The zero-order valence-electron chi connectivity index (χ0n) is 16.5. The molecule has 1 saturated heterocycles. The third-order valence-electron chi connectivity index (χ3n) is 4.43. The largest absolute Gasteiger partial charge is 0.378 e. The van der Waals surface area contributed by atoms with Crippen LogP contribution in [0.4, 0.5) is 11.8 Å². The second-order valence-electron chi connectivity index (χ2n) is 6.70. The summed E-state index contributed by atoms with van der Waals surface area (Å²) < 4.78 is 32.8. The molecule has 1 aromatic heterocycles. The summed E-state index contributed by atoms with van der Waals surface area (Å²) in [7, 11) is -3.71. The van der Waals surface area contributed by atoms with Gasteiger partial charge in [0.1, 0.15) is 5.82 Å². The topological polar surface area (TPSA) is 114 Å². The molecule has 0 radical (unpaired) electrons. The van der Waals surface area contributed by atoms with Crippen molar-refractivity contribution in [2.24, 2.45) is 0 Å². The van der Waals surface area contributed by atoms with Gasteiger partial charge in [0.2, 0.25) is 16.0 Å². The lowest BCUT2D eigenvalue weighted by Gasteiger charge is -2.28. The van der Waals surface area contributed by atoms with E-state index in [1.54, 1.807) is 12.1 Å². The highest BCUT2D eigenvalue weighted by Gasteiger charge is 2.16. The predicted octanol–water partition coefficient (Wildman–Crippen LogP) is 1.21. The quantitative estimate of drug-likeness (QED) is 0.485. The van der Waals surface area contributed by atoms with E-state index in [1.807, 2.05) is 13.0 Å². The number of hydrogen-bond donors (Lipinski definition) is 2. The monoisotopic (exact) mass is 419 g/mol. The fourth-order valence-electron chi connectivity index (χ4n) is 2.91. The Labute approximate surface area is 170 Å². The van der Waals surface area contributed by atoms with Gasteiger partial charge >= 0.3 is 0 Å². The molecule has 9 nitrogen and oxygen atoms in total. The summed E-state index contributed by atoms with van der Waals surface area (Å²) >= 11 is 0. The van der Waals surface area contributed by atoms with Crippen LogP contribution in [0.5, 0.6) is 0 Å². The molecule has 156 valence electrons. The molecular formula is C19H25N5O4S. The summed E-state index contributed by atoms with van der Waals surface area (Å²) in [6.07, 6.45) is 0. The molecule has 0 atom stereocenters. The molecule has 2 aromatic rings. The second kappa shape index (κ2) is 9.29. The molecule has 1 aliphatic heterocycles. The SMILES string of the molecule is CC(=O)c1cccc(S(=O)(=O)NCCNc2nc(C)cc(N3CCOCC3)n2)c1. The van der Waals surface area contributed by atoms with E-state index in [0.717, 1.165) is 24.6 Å². The van der Waals surface area contributed by atoms with Crippen LogP contribution in [0.2, 0.25) is 0 Å². The maximum atomic E-state index is 12.4. The van der Waals surface area contributed by atoms with Crippen molar-refractivity contribution in [2.45, 2.75) is 18.7 Å². The summed E-state index contributed by atoms with van der Waals surface area (Å²) in [5, 5.41) is 3.06. The third kappa shape index (κ3) is 5.72. The van der Waals surface area contributed by atoms with E-state index in [1.165, 1.54) is 19.1 Å². The number of morpholine rings is 1. The number of carbonyl (C=O) groups is 1. The maximum absolute atomic E-state index is 12.4. The number of sulfonamides is 1. The van der Waals surface area contributed by atoms with Gasteiger partial charge in [-0.15, -0.1) is 0 Å². The lowest BCUT2D eigenvalue weighted by Crippen LogP contribution is -2.37. The molecule has 2 heterocycles. The molecule has 0 amide bonds. The van der Waals surface area contributed by atoms with Crippen molar-refractivity contribution in [2.75, 3.05) is 49.6 Å². The van der Waals surface area contributed by atoms with Crippen molar-refractivity contribution in [1.29, 1.82) is 0 Å². The van der Waals surface area contributed by atoms with Crippen LogP contribution < -0.4 is 14.9 Å². The average molecular weight is 420 g/mol. The summed E-state index contributed by atoms with van der Waals surface area (Å²) in [5.74, 6) is 1.09. The number of carbonyl (C=O) groups excluding carboxylic acids is 1. The number of aromatic nitrogens is 2. The number of rotatable bonds is 8. The molecule has 29 heavy (non-hydrogen) atoms. The summed E-state index contributed by atoms with van der Waals surface area (Å²) in [6.45, 7) is 6.63. The Morgan fingerprint density at radius 3 is 2.66 bits per heavy atom. The van der Waals surface area contributed by atoms with Gasteiger partial charge in [0.25, 0.3) is 0 Å². The number of Topliss-reactive ketones (excluding diaryl/α,β-unsaturated/α-hetero) is 1. The van der Waals surface area contributed by atoms with Crippen LogP contribution in [-0.4, -0.2) is 63.6 Å². The fourth-order valence-corrected chi connectivity index (χ4v) is 3.99. The van der Waals surface area contributed by atoms with E-state index < -0.39 is 10.0 Å². The minimum absolute atomic E-state index is 0.0617. The molecule has 0 saturated carbocycles. The highest BCUT2D eigenvalue weighted by molar-refractivity contribution is 7.89. The molecule has 2 N–H and O–H groups in total. The molecule has 1 fully saturated rings. The minimum atomic E-state index is -3.71. The van der Waals surface area contributed by atoms with E-state index in [2.05, 4.69) is 24.9 Å². The van der Waals surface area contributed by atoms with Gasteiger partial charge in [-0.3, -0.25) is 4.79 Å². The van der Waals surface area contributed by atoms with Crippen molar-refractivity contribution < 1.29 is 17.9 Å². The van der Waals surface area contributed by atoms with Gasteiger partial charge in [0.05, 0.1) is 18.1 Å². The van der Waals surface area contributed by atoms with Gasteiger partial charge in [0, 0.05) is 43.5 Å². The van der Waals surface area contributed by atoms with Crippen LogP contribution in [0.1, 0.15) is 23.0 Å². The Hall–Kier alpha value is -2.56. The number of anilines is 2. The molecular weight excluding hydrogens is 394 g/mol. The number of ketones is 1. The first-order chi connectivity index (χ1) is 13.8. The molecule has 10 heteroatoms. The number of nitrogens with zero attached hydrogens (tertiary/aromatic N) is 3. The van der Waals surface area contributed by atoms with Crippen molar-refractivity contribution in [3.8, 4) is 0 Å². The number of benzene rings is 1. The molecule has 1 aliphatic rings. The van der Waals surface area contributed by atoms with Gasteiger partial charge < -0.3 is 15.0 Å².